The van der Waals surface area contributed by atoms with E-state index in [1.54, 1.807) is 0 Å². The van der Waals surface area contributed by atoms with E-state index < -0.39 is 0 Å². The first-order chi connectivity index (χ1) is 0. The summed E-state index contributed by atoms with van der Waals surface area (Å²) < 4.78 is 0. The van der Waals surface area contributed by atoms with Crippen LogP contribution in [0.4, 0.5) is 0 Å². The first kappa shape index (κ1) is 276. The van der Waals surface area contributed by atoms with Gasteiger partial charge < -0.3 is 38.3 Å². The van der Waals surface area contributed by atoms with E-state index in [-0.39, 0.29) is 133 Å². The van der Waals surface area contributed by atoms with E-state index >= 15 is 0 Å². The molecule has 0 atom stereocenters. The fourth-order valence-corrected chi connectivity index (χ4v) is 0. The van der Waals surface area contributed by atoms with Gasteiger partial charge in [0.2, 0.25) is 0 Å². The molecule has 56 valence electrons. The van der Waals surface area contributed by atoms with Crippen molar-refractivity contribution in [1.82, 2.24) is 0 Å². The maximum Gasteiger partial charge on any atom is 4.00 e. The van der Waals surface area contributed by atoms with Crippen molar-refractivity contribution in [2.45, 2.75) is 0 Å². The van der Waals surface area contributed by atoms with Crippen LogP contribution in [-0.4, -0.2) is 51.7 Å². The Morgan fingerprint density at radius 1 is 0.273 bits per heavy atom. The summed E-state index contributed by atoms with van der Waals surface area (Å²) in [5.41, 5.74) is 0. The molecule has 0 bridgehead atoms. The van der Waals surface area contributed by atoms with Crippen molar-refractivity contribution in [2.75, 3.05) is 0 Å². The first-order valence-electron chi connectivity index (χ1n) is 0. The molecule has 0 aromatic heterocycles. The molecule has 0 saturated carbocycles. The second-order valence-corrected chi connectivity index (χ2v) is 0. The fourth-order valence-electron chi connectivity index (χ4n) is 0. The summed E-state index contributed by atoms with van der Waals surface area (Å²) in [5, 5.41) is 0. The predicted octanol–water partition coefficient (Wildman–Crippen LogP) is -1.60. The van der Waals surface area contributed by atoms with Gasteiger partial charge in [-0.25, -0.2) is 0 Å². The molecule has 0 heterocycles. The van der Waals surface area contributed by atoms with Gasteiger partial charge in [0, 0.05) is 0 Å². The monoisotopic (exact) mass is 438 g/mol. The number of hydrogen-bond acceptors (Lipinski definition) is 0. The molecule has 0 amide bonds. The van der Waals surface area contributed by atoms with Gasteiger partial charge in [-0.1, -0.05) is 0 Å². The van der Waals surface area contributed by atoms with E-state index in [1.807, 2.05) is 0 Å². The Bertz CT molecular complexity index is 14.4. The molecule has 0 aliphatic rings. The molecule has 0 aliphatic carbocycles. The Hall–Kier alpha value is 2.89. The minimum atomic E-state index is 0. The van der Waals surface area contributed by atoms with E-state index in [0.29, 0.717) is 0 Å². The van der Waals surface area contributed by atoms with Crippen molar-refractivity contribution in [2.24, 2.45) is 0 Å². The Kier molecular flexibility index (Phi) is 5490. The molecule has 0 spiro atoms. The molecule has 0 aliphatic heterocycles. The van der Waals surface area contributed by atoms with E-state index in [9.17, 15) is 0 Å². The van der Waals surface area contributed by atoms with Crippen LogP contribution in [0.2, 0.25) is 0 Å². The fraction of sp³-hybridized carbons (Fsp3) is 0. The molecule has 7 nitrogen and oxygen atoms in total. The Morgan fingerprint density at radius 2 is 0.273 bits per heavy atom. The van der Waals surface area contributed by atoms with Crippen LogP contribution in [0.5, 0.6) is 0 Å². The van der Waals surface area contributed by atoms with Crippen LogP contribution in [0.25, 0.3) is 0 Å². The summed E-state index contributed by atoms with van der Waals surface area (Å²) >= 11 is 0. The van der Waals surface area contributed by atoms with Crippen LogP contribution >= 0.6 is 0 Å². The zero-order valence-corrected chi connectivity index (χ0v) is 14.7. The maximum atomic E-state index is 0. The largest absolute Gasteiger partial charge is 4.00 e. The van der Waals surface area contributed by atoms with Crippen molar-refractivity contribution in [3.05, 3.63) is 0 Å². The van der Waals surface area contributed by atoms with Crippen LogP contribution in [0.15, 0.2) is 0 Å². The summed E-state index contributed by atoms with van der Waals surface area (Å²) in [4.78, 5) is 0. The second-order valence-electron chi connectivity index (χ2n) is 0. The molecule has 0 N–H and O–H groups in total. The Balaban J connectivity index is 0. The summed E-state index contributed by atoms with van der Waals surface area (Å²) in [6.45, 7) is 0. The van der Waals surface area contributed by atoms with Crippen molar-refractivity contribution in [3.63, 3.8) is 0 Å². The topological polar surface area (TPSA) is 200 Å². The molecule has 0 aromatic carbocycles. The standard InChI is InChI=1S/2In.7O.2Ti/q2*+3;7*-2;2*+4. The molecule has 11 heavy (non-hydrogen) atoms. The van der Waals surface area contributed by atoms with Crippen LogP contribution in [0.1, 0.15) is 0 Å². The normalized spacial score (nSPS) is 0. The maximum absolute atomic E-state index is 0. The molecule has 0 fully saturated rings. The minimum absolute atomic E-state index is 0. The van der Waals surface area contributed by atoms with Crippen LogP contribution in [0.3, 0.4) is 0 Å². The van der Waals surface area contributed by atoms with Crippen LogP contribution < -0.4 is 0 Å². The van der Waals surface area contributed by atoms with Crippen LogP contribution in [0, 0.1) is 0 Å². The van der Waals surface area contributed by atoms with Gasteiger partial charge >= 0.3 is 95.1 Å². The molecule has 0 radical (unpaired) electrons. The van der Waals surface area contributed by atoms with Gasteiger partial charge in [0.05, 0.1) is 0 Å². The van der Waals surface area contributed by atoms with Gasteiger partial charge in [0.15, 0.2) is 0 Å². The smallest absolute Gasteiger partial charge is 2.00 e. The molecule has 0 rings (SSSR count). The van der Waals surface area contributed by atoms with Crippen molar-refractivity contribution in [3.8, 4) is 0 Å². The third-order valence-electron chi connectivity index (χ3n) is 0. The van der Waals surface area contributed by atoms with E-state index in [0.717, 1.165) is 0 Å². The zero-order valence-electron chi connectivity index (χ0n) is 5.01. The van der Waals surface area contributed by atoms with Gasteiger partial charge in [-0.3, -0.25) is 0 Å². The summed E-state index contributed by atoms with van der Waals surface area (Å²) in [5.74, 6) is 0. The van der Waals surface area contributed by atoms with Crippen LogP contribution in [-0.2, 0) is 81.8 Å². The Labute approximate surface area is 132 Å². The van der Waals surface area contributed by atoms with Gasteiger partial charge in [-0.15, -0.1) is 0 Å². The third-order valence-corrected chi connectivity index (χ3v) is 0. The van der Waals surface area contributed by atoms with E-state index in [4.69, 9.17) is 0 Å². The average Bonchev–Trinajstić information content (AvgIpc) is 0. The molecule has 11 heteroatoms. The molecule has 0 saturated heterocycles. The van der Waals surface area contributed by atoms with Gasteiger partial charge in [0.25, 0.3) is 0 Å². The first-order valence-corrected chi connectivity index (χ1v) is 0. The predicted molar refractivity (Wildman–Crippen MR) is 16.3 cm³/mol. The second kappa shape index (κ2) is 218. The van der Waals surface area contributed by atoms with Gasteiger partial charge in [-0.2, -0.15) is 0 Å². The van der Waals surface area contributed by atoms with Gasteiger partial charge in [0.1, 0.15) is 0 Å². The van der Waals surface area contributed by atoms with Crippen molar-refractivity contribution >= 4 is 51.7 Å². The minimum Gasteiger partial charge on any atom is -2.00 e. The Morgan fingerprint density at radius 3 is 0.273 bits per heavy atom. The quantitative estimate of drug-likeness (QED) is 0.393. The molecular weight excluding hydrogens is 437 g/mol. The van der Waals surface area contributed by atoms with Gasteiger partial charge in [-0.05, 0) is 0 Å². The average molecular weight is 437 g/mol. The SMILES string of the molecule is [In+3].[In+3].[O-2].[O-2].[O-2].[O-2].[O-2].[O-2].[O-2].[Ti+4].[Ti+4]. The van der Waals surface area contributed by atoms with Crippen molar-refractivity contribution < 1.29 is 81.8 Å². The summed E-state index contributed by atoms with van der Waals surface area (Å²) in [7, 11) is 0. The molecule has 0 aromatic rings. The molecular formula is In2O7Ti2. The summed E-state index contributed by atoms with van der Waals surface area (Å²) in [6, 6.07) is 0. The van der Waals surface area contributed by atoms with Crippen molar-refractivity contribution in [1.29, 1.82) is 0 Å². The zero-order chi connectivity index (χ0) is 0. The molecule has 0 unspecified atom stereocenters. The third kappa shape index (κ3) is 183. The number of rotatable bonds is 0. The van der Waals surface area contributed by atoms with E-state index in [2.05, 4.69) is 0 Å². The summed E-state index contributed by atoms with van der Waals surface area (Å²) in [6.07, 6.45) is 0. The number of hydrogen-bond donors (Lipinski definition) is 0. The van der Waals surface area contributed by atoms with E-state index in [1.165, 1.54) is 0 Å².